The second-order valence-electron chi connectivity index (χ2n) is 3.80. The summed E-state index contributed by atoms with van der Waals surface area (Å²) >= 11 is 3.05. The van der Waals surface area contributed by atoms with Crippen molar-refractivity contribution in [2.45, 2.75) is 6.61 Å². The maximum absolute atomic E-state index is 13.5. The van der Waals surface area contributed by atoms with Crippen LogP contribution in [0, 0.1) is 23.0 Å². The third kappa shape index (κ3) is 3.30. The van der Waals surface area contributed by atoms with E-state index in [2.05, 4.69) is 15.9 Å². The minimum atomic E-state index is -0.763. The Labute approximate surface area is 117 Å². The topological polar surface area (TPSA) is 33.0 Å². The zero-order valence-electron chi connectivity index (χ0n) is 9.66. The first-order chi connectivity index (χ1) is 9.10. The summed E-state index contributed by atoms with van der Waals surface area (Å²) in [6.07, 6.45) is 0. The molecule has 0 fully saturated rings. The van der Waals surface area contributed by atoms with Crippen molar-refractivity contribution in [1.29, 1.82) is 5.26 Å². The molecule has 2 aromatic carbocycles. The van der Waals surface area contributed by atoms with Gasteiger partial charge in [-0.1, -0.05) is 12.1 Å². The molecule has 0 bridgehead atoms. The van der Waals surface area contributed by atoms with E-state index >= 15 is 0 Å². The first-order valence-electron chi connectivity index (χ1n) is 5.36. The molecule has 5 heteroatoms. The number of hydrogen-bond acceptors (Lipinski definition) is 2. The monoisotopic (exact) mass is 323 g/mol. The van der Waals surface area contributed by atoms with E-state index in [0.717, 1.165) is 17.7 Å². The van der Waals surface area contributed by atoms with Crippen molar-refractivity contribution >= 4 is 15.9 Å². The predicted octanol–water partition coefficient (Wildman–Crippen LogP) is 4.18. The Bertz CT molecular complexity index is 612. The highest BCUT2D eigenvalue weighted by Gasteiger charge is 2.11. The maximum atomic E-state index is 13.5. The van der Waals surface area contributed by atoms with Crippen LogP contribution in [0.3, 0.4) is 0 Å². The Hall–Kier alpha value is -1.93. The minimum Gasteiger partial charge on any atom is -0.485 e. The molecule has 2 rings (SSSR count). The molecule has 0 aliphatic rings. The van der Waals surface area contributed by atoms with Crippen LogP contribution in [0.4, 0.5) is 8.78 Å². The van der Waals surface area contributed by atoms with Crippen molar-refractivity contribution in [2.75, 3.05) is 0 Å². The van der Waals surface area contributed by atoms with Crippen molar-refractivity contribution in [3.8, 4) is 11.8 Å². The van der Waals surface area contributed by atoms with Crippen molar-refractivity contribution in [3.63, 3.8) is 0 Å². The van der Waals surface area contributed by atoms with Crippen molar-refractivity contribution in [1.82, 2.24) is 0 Å². The van der Waals surface area contributed by atoms with Gasteiger partial charge in [-0.2, -0.15) is 5.26 Å². The summed E-state index contributed by atoms with van der Waals surface area (Å²) in [7, 11) is 0. The number of ether oxygens (including phenoxy) is 1. The molecule has 0 aliphatic heterocycles. The molecule has 0 N–H and O–H groups in total. The number of halogens is 3. The van der Waals surface area contributed by atoms with Gasteiger partial charge in [-0.25, -0.2) is 8.78 Å². The summed E-state index contributed by atoms with van der Waals surface area (Å²) in [5.74, 6) is -1.47. The Morgan fingerprint density at radius 2 is 1.84 bits per heavy atom. The number of nitriles is 1. The standard InChI is InChI=1S/C14H8BrF2NO/c15-12-5-11(16)6-13(17)14(12)19-8-10-3-1-9(7-18)2-4-10/h1-6H,8H2. The number of benzene rings is 2. The van der Waals surface area contributed by atoms with Gasteiger partial charge in [0, 0.05) is 6.07 Å². The van der Waals surface area contributed by atoms with Crippen LogP contribution in [0.2, 0.25) is 0 Å². The van der Waals surface area contributed by atoms with Crippen LogP contribution in [0.1, 0.15) is 11.1 Å². The lowest BCUT2D eigenvalue weighted by atomic mass is 10.2. The average molecular weight is 324 g/mol. The molecule has 0 spiro atoms. The molecular weight excluding hydrogens is 316 g/mol. The first-order valence-corrected chi connectivity index (χ1v) is 6.16. The van der Waals surface area contributed by atoms with Crippen LogP contribution in [0.5, 0.6) is 5.75 Å². The maximum Gasteiger partial charge on any atom is 0.169 e. The summed E-state index contributed by atoms with van der Waals surface area (Å²) in [6.45, 7) is 0.132. The van der Waals surface area contributed by atoms with Crippen LogP contribution in [0.15, 0.2) is 40.9 Å². The number of hydrogen-bond donors (Lipinski definition) is 0. The summed E-state index contributed by atoms with van der Waals surface area (Å²) in [5.41, 5.74) is 1.33. The molecule has 19 heavy (non-hydrogen) atoms. The highest BCUT2D eigenvalue weighted by atomic mass is 79.9. The molecule has 0 aromatic heterocycles. The molecule has 0 heterocycles. The van der Waals surface area contributed by atoms with Crippen LogP contribution >= 0.6 is 15.9 Å². The summed E-state index contributed by atoms with van der Waals surface area (Å²) < 4.78 is 31.9. The Kier molecular flexibility index (Phi) is 4.13. The zero-order valence-corrected chi connectivity index (χ0v) is 11.2. The van der Waals surface area contributed by atoms with Gasteiger partial charge >= 0.3 is 0 Å². The van der Waals surface area contributed by atoms with Crippen molar-refractivity contribution in [2.24, 2.45) is 0 Å². The van der Waals surface area contributed by atoms with Crippen LogP contribution in [-0.4, -0.2) is 0 Å². The Balaban J connectivity index is 2.12. The summed E-state index contributed by atoms with van der Waals surface area (Å²) in [5, 5.41) is 8.66. The molecule has 0 atom stereocenters. The fourth-order valence-corrected chi connectivity index (χ4v) is 2.02. The molecule has 0 amide bonds. The van der Waals surface area contributed by atoms with Gasteiger partial charge in [0.1, 0.15) is 12.4 Å². The smallest absolute Gasteiger partial charge is 0.169 e. The normalized spacial score (nSPS) is 10.0. The van der Waals surface area contributed by atoms with Gasteiger partial charge in [0.15, 0.2) is 11.6 Å². The van der Waals surface area contributed by atoms with E-state index in [1.165, 1.54) is 0 Å². The summed E-state index contributed by atoms with van der Waals surface area (Å²) in [4.78, 5) is 0. The first kappa shape index (κ1) is 13.5. The zero-order chi connectivity index (χ0) is 13.8. The SMILES string of the molecule is N#Cc1ccc(COc2c(F)cc(F)cc2Br)cc1. The van der Waals surface area contributed by atoms with E-state index in [1.54, 1.807) is 24.3 Å². The van der Waals surface area contributed by atoms with Gasteiger partial charge in [0.2, 0.25) is 0 Å². The lowest BCUT2D eigenvalue weighted by Crippen LogP contribution is -1.99. The fourth-order valence-electron chi connectivity index (χ4n) is 1.50. The van der Waals surface area contributed by atoms with Gasteiger partial charge in [-0.05, 0) is 39.7 Å². The second kappa shape index (κ2) is 5.81. The third-order valence-electron chi connectivity index (χ3n) is 2.43. The largest absolute Gasteiger partial charge is 0.485 e. The molecule has 2 aromatic rings. The van der Waals surface area contributed by atoms with E-state index in [4.69, 9.17) is 10.00 Å². The molecule has 96 valence electrons. The minimum absolute atomic E-state index is 0.0363. The molecule has 0 unspecified atom stereocenters. The second-order valence-corrected chi connectivity index (χ2v) is 4.65. The van der Waals surface area contributed by atoms with Crippen LogP contribution < -0.4 is 4.74 Å². The van der Waals surface area contributed by atoms with Gasteiger partial charge in [-0.3, -0.25) is 0 Å². The van der Waals surface area contributed by atoms with Crippen molar-refractivity contribution in [3.05, 3.63) is 63.6 Å². The van der Waals surface area contributed by atoms with Gasteiger partial charge < -0.3 is 4.74 Å². The molecule has 0 saturated heterocycles. The molecule has 0 radical (unpaired) electrons. The molecule has 0 aliphatic carbocycles. The highest BCUT2D eigenvalue weighted by Crippen LogP contribution is 2.29. The Morgan fingerprint density at radius 3 is 2.42 bits per heavy atom. The quantitative estimate of drug-likeness (QED) is 0.849. The Morgan fingerprint density at radius 1 is 1.16 bits per heavy atom. The highest BCUT2D eigenvalue weighted by molar-refractivity contribution is 9.10. The van der Waals surface area contributed by atoms with Crippen LogP contribution in [0.25, 0.3) is 0 Å². The molecular formula is C14H8BrF2NO. The number of nitrogens with zero attached hydrogens (tertiary/aromatic N) is 1. The fraction of sp³-hybridized carbons (Fsp3) is 0.0714. The van der Waals surface area contributed by atoms with Gasteiger partial charge in [0.05, 0.1) is 16.1 Å². The van der Waals surface area contributed by atoms with Crippen LogP contribution in [-0.2, 0) is 6.61 Å². The third-order valence-corrected chi connectivity index (χ3v) is 3.02. The predicted molar refractivity (Wildman–Crippen MR) is 69.5 cm³/mol. The van der Waals surface area contributed by atoms with Gasteiger partial charge in [0.25, 0.3) is 0 Å². The summed E-state index contributed by atoms with van der Waals surface area (Å²) in [6, 6.07) is 10.6. The lowest BCUT2D eigenvalue weighted by molar-refractivity contribution is 0.287. The lowest BCUT2D eigenvalue weighted by Gasteiger charge is -2.09. The van der Waals surface area contributed by atoms with E-state index in [9.17, 15) is 8.78 Å². The number of rotatable bonds is 3. The van der Waals surface area contributed by atoms with E-state index < -0.39 is 11.6 Å². The van der Waals surface area contributed by atoms with E-state index in [1.807, 2.05) is 6.07 Å². The van der Waals surface area contributed by atoms with Gasteiger partial charge in [-0.15, -0.1) is 0 Å². The molecule has 0 saturated carbocycles. The van der Waals surface area contributed by atoms with E-state index in [-0.39, 0.29) is 16.8 Å². The van der Waals surface area contributed by atoms with Crippen molar-refractivity contribution < 1.29 is 13.5 Å². The van der Waals surface area contributed by atoms with E-state index in [0.29, 0.717) is 5.56 Å². The molecule has 2 nitrogen and oxygen atoms in total. The average Bonchev–Trinajstić information content (AvgIpc) is 2.38.